The van der Waals surface area contributed by atoms with Crippen molar-refractivity contribution < 1.29 is 0 Å². The van der Waals surface area contributed by atoms with Gasteiger partial charge in [0.2, 0.25) is 5.69 Å². The highest BCUT2D eigenvalue weighted by Gasteiger charge is 2.21. The molecule has 0 saturated carbocycles. The van der Waals surface area contributed by atoms with Gasteiger partial charge >= 0.3 is 0 Å². The lowest BCUT2D eigenvalue weighted by Gasteiger charge is -2.27. The van der Waals surface area contributed by atoms with Crippen LogP contribution in [0.3, 0.4) is 0 Å². The summed E-state index contributed by atoms with van der Waals surface area (Å²) in [6.07, 6.45) is 0. The maximum atomic E-state index is 10.1. The Labute approximate surface area is 320 Å². The smallest absolute Gasteiger partial charge is 0.210 e. The van der Waals surface area contributed by atoms with Crippen molar-refractivity contribution in [3.05, 3.63) is 204 Å². The van der Waals surface area contributed by atoms with Crippen LogP contribution in [0.1, 0.15) is 16.7 Å². The van der Waals surface area contributed by atoms with E-state index in [2.05, 4.69) is 160 Å². The molecule has 0 spiro atoms. The molecule has 8 aromatic carbocycles. The lowest BCUT2D eigenvalue weighted by Crippen LogP contribution is -2.11. The molecule has 1 aromatic heterocycles. The molecule has 5 heteroatoms. The fourth-order valence-electron chi connectivity index (χ4n) is 7.62. The normalized spacial score (nSPS) is 11.1. The van der Waals surface area contributed by atoms with Crippen LogP contribution in [0.15, 0.2) is 176 Å². The molecule has 260 valence electrons. The first kappa shape index (κ1) is 33.3. The molecule has 0 fully saturated rings. The molecule has 1 heterocycles. The number of nitrogens with zero attached hydrogens (tertiary/aromatic N) is 5. The Morgan fingerprint density at radius 1 is 0.509 bits per heavy atom. The SMILES string of the molecule is [C-]#[N+]c1ccccc1N(c1ccc(C)cc1)c1ccc2c3cc4ccc(N(c5ccc(C)cc5)c5ccccc5C#N)cc4cc3n(-c3ccccc3)c2c1. The zero-order chi connectivity index (χ0) is 37.5. The number of aromatic nitrogens is 1. The van der Waals surface area contributed by atoms with Crippen LogP contribution in [0.25, 0.3) is 43.1 Å². The van der Waals surface area contributed by atoms with E-state index in [0.29, 0.717) is 11.3 Å². The molecular weight excluding hydrogens is 671 g/mol. The molecular formula is C50H35N5. The molecule has 9 aromatic rings. The van der Waals surface area contributed by atoms with Crippen molar-refractivity contribution in [2.45, 2.75) is 13.8 Å². The first-order chi connectivity index (χ1) is 27.0. The van der Waals surface area contributed by atoms with Crippen LogP contribution in [0.4, 0.5) is 39.8 Å². The van der Waals surface area contributed by atoms with Gasteiger partial charge < -0.3 is 14.4 Å². The van der Waals surface area contributed by atoms with Gasteiger partial charge in [-0.05, 0) is 116 Å². The van der Waals surface area contributed by atoms with Gasteiger partial charge in [0.15, 0.2) is 0 Å². The van der Waals surface area contributed by atoms with E-state index in [-0.39, 0.29) is 0 Å². The molecule has 0 unspecified atom stereocenters. The van der Waals surface area contributed by atoms with Gasteiger partial charge in [-0.15, -0.1) is 0 Å². The second-order valence-corrected chi connectivity index (χ2v) is 13.8. The van der Waals surface area contributed by atoms with E-state index >= 15 is 0 Å². The van der Waals surface area contributed by atoms with Gasteiger partial charge in [-0.1, -0.05) is 96.1 Å². The predicted molar refractivity (Wildman–Crippen MR) is 228 cm³/mol. The molecule has 55 heavy (non-hydrogen) atoms. The number of aryl methyl sites for hydroxylation is 2. The molecule has 0 aliphatic rings. The standard InChI is InChI=1S/C50H35N5/c1-34-17-22-40(23-18-34)53(47-15-9-7-11-37(47)33-51)42-26-21-36-30-45-44-28-27-43(32-50(44)55(39-12-5-4-6-13-39)49(45)31-38(36)29-42)54(41-24-19-35(2)20-25-41)48-16-10-8-14-46(48)52-3/h4-32H,1-2H3. The van der Waals surface area contributed by atoms with Crippen LogP contribution in [-0.4, -0.2) is 4.57 Å². The van der Waals surface area contributed by atoms with E-state index in [0.717, 1.165) is 72.4 Å². The molecule has 0 atom stereocenters. The Morgan fingerprint density at radius 2 is 1.07 bits per heavy atom. The van der Waals surface area contributed by atoms with Crippen molar-refractivity contribution >= 4 is 72.4 Å². The number of nitriles is 1. The molecule has 0 radical (unpaired) electrons. The van der Waals surface area contributed by atoms with E-state index < -0.39 is 0 Å². The highest BCUT2D eigenvalue weighted by Crippen LogP contribution is 2.44. The molecule has 0 saturated heterocycles. The predicted octanol–water partition coefficient (Wildman–Crippen LogP) is 13.9. The van der Waals surface area contributed by atoms with Crippen LogP contribution in [0, 0.1) is 31.8 Å². The summed E-state index contributed by atoms with van der Waals surface area (Å²) in [5.74, 6) is 0. The molecule has 0 N–H and O–H groups in total. The summed E-state index contributed by atoms with van der Waals surface area (Å²) in [7, 11) is 0. The van der Waals surface area contributed by atoms with Gasteiger partial charge in [-0.2, -0.15) is 5.26 Å². The third-order valence-electron chi connectivity index (χ3n) is 10.3. The Balaban J connectivity index is 1.28. The van der Waals surface area contributed by atoms with Crippen LogP contribution < -0.4 is 9.80 Å². The molecule has 0 amide bonds. The third kappa shape index (κ3) is 5.91. The summed E-state index contributed by atoms with van der Waals surface area (Å²) in [6, 6.07) is 63.1. The van der Waals surface area contributed by atoms with Gasteiger partial charge in [-0.3, -0.25) is 0 Å². The van der Waals surface area contributed by atoms with E-state index in [1.54, 1.807) is 0 Å². The average molecular weight is 706 g/mol. The van der Waals surface area contributed by atoms with Gasteiger partial charge in [0, 0.05) is 39.2 Å². The number of rotatable bonds is 7. The zero-order valence-corrected chi connectivity index (χ0v) is 30.5. The number of benzene rings is 8. The Kier molecular flexibility index (Phi) is 8.31. The topological polar surface area (TPSA) is 39.6 Å². The number of anilines is 6. The second-order valence-electron chi connectivity index (χ2n) is 13.8. The molecule has 0 aliphatic heterocycles. The molecule has 0 bridgehead atoms. The summed E-state index contributed by atoms with van der Waals surface area (Å²) in [6.45, 7) is 12.2. The Hall–Kier alpha value is -7.60. The number of para-hydroxylation sites is 4. The van der Waals surface area contributed by atoms with Crippen LogP contribution in [0.2, 0.25) is 0 Å². The van der Waals surface area contributed by atoms with Gasteiger partial charge in [0.25, 0.3) is 0 Å². The van der Waals surface area contributed by atoms with E-state index in [4.69, 9.17) is 6.57 Å². The average Bonchev–Trinajstić information content (AvgIpc) is 3.54. The zero-order valence-electron chi connectivity index (χ0n) is 30.5. The quantitative estimate of drug-likeness (QED) is 0.155. The highest BCUT2D eigenvalue weighted by atomic mass is 15.2. The summed E-state index contributed by atoms with van der Waals surface area (Å²) in [5, 5.41) is 14.6. The largest absolute Gasteiger partial charge is 0.320 e. The first-order valence-electron chi connectivity index (χ1n) is 18.3. The summed E-state index contributed by atoms with van der Waals surface area (Å²) < 4.78 is 2.34. The van der Waals surface area contributed by atoms with Crippen molar-refractivity contribution in [2.75, 3.05) is 9.80 Å². The van der Waals surface area contributed by atoms with E-state index in [9.17, 15) is 5.26 Å². The minimum atomic E-state index is 0.589. The fraction of sp³-hybridized carbons (Fsp3) is 0.0400. The van der Waals surface area contributed by atoms with E-state index in [1.807, 2.05) is 54.6 Å². The highest BCUT2D eigenvalue weighted by molar-refractivity contribution is 6.15. The number of hydrogen-bond donors (Lipinski definition) is 0. The number of fused-ring (bicyclic) bond motifs is 4. The fourth-order valence-corrected chi connectivity index (χ4v) is 7.62. The van der Waals surface area contributed by atoms with Crippen molar-refractivity contribution in [1.29, 1.82) is 5.26 Å². The molecule has 9 rings (SSSR count). The Morgan fingerprint density at radius 3 is 1.76 bits per heavy atom. The maximum Gasteiger partial charge on any atom is 0.210 e. The lowest BCUT2D eigenvalue weighted by molar-refractivity contribution is 1.18. The molecule has 5 nitrogen and oxygen atoms in total. The van der Waals surface area contributed by atoms with E-state index in [1.165, 1.54) is 11.1 Å². The first-order valence-corrected chi connectivity index (χ1v) is 18.3. The summed E-state index contributed by atoms with van der Waals surface area (Å²) in [5.41, 5.74) is 12.3. The van der Waals surface area contributed by atoms with Crippen LogP contribution in [-0.2, 0) is 0 Å². The van der Waals surface area contributed by atoms with Crippen LogP contribution in [0.5, 0.6) is 0 Å². The van der Waals surface area contributed by atoms with Crippen molar-refractivity contribution in [2.24, 2.45) is 0 Å². The van der Waals surface area contributed by atoms with Crippen molar-refractivity contribution in [3.8, 4) is 11.8 Å². The summed E-state index contributed by atoms with van der Waals surface area (Å²) >= 11 is 0. The molecule has 0 aliphatic carbocycles. The lowest BCUT2D eigenvalue weighted by atomic mass is 10.0. The minimum Gasteiger partial charge on any atom is -0.320 e. The van der Waals surface area contributed by atoms with Crippen molar-refractivity contribution in [1.82, 2.24) is 4.57 Å². The third-order valence-corrected chi connectivity index (χ3v) is 10.3. The minimum absolute atomic E-state index is 0.589. The number of hydrogen-bond acceptors (Lipinski definition) is 3. The summed E-state index contributed by atoms with van der Waals surface area (Å²) in [4.78, 5) is 8.26. The van der Waals surface area contributed by atoms with Crippen LogP contribution >= 0.6 is 0 Å². The van der Waals surface area contributed by atoms with Gasteiger partial charge in [0.05, 0.1) is 34.5 Å². The second kappa shape index (κ2) is 13.7. The van der Waals surface area contributed by atoms with Gasteiger partial charge in [-0.25, -0.2) is 4.85 Å². The Bertz CT molecular complexity index is 2960. The maximum absolute atomic E-state index is 10.1. The van der Waals surface area contributed by atoms with Crippen molar-refractivity contribution in [3.63, 3.8) is 0 Å². The van der Waals surface area contributed by atoms with Gasteiger partial charge in [0.1, 0.15) is 6.07 Å². The monoisotopic (exact) mass is 705 g/mol.